The van der Waals surface area contributed by atoms with Crippen LogP contribution in [-0.2, 0) is 35.3 Å². The molecule has 6 nitrogen and oxygen atoms in total. The van der Waals surface area contributed by atoms with Gasteiger partial charge in [0.2, 0.25) is 11.8 Å². The molecule has 4 N–H and O–H groups in total. The van der Waals surface area contributed by atoms with Crippen molar-refractivity contribution in [1.29, 1.82) is 0 Å². The summed E-state index contributed by atoms with van der Waals surface area (Å²) in [6.45, 7) is 3.69. The van der Waals surface area contributed by atoms with E-state index in [9.17, 15) is 19.8 Å². The normalized spacial score (nSPS) is 15.7. The van der Waals surface area contributed by atoms with Crippen LogP contribution >= 0.6 is 0 Å². The van der Waals surface area contributed by atoms with Crippen LogP contribution in [0, 0.1) is 5.41 Å². The van der Waals surface area contributed by atoms with Crippen molar-refractivity contribution in [1.82, 2.24) is 4.90 Å². The smallest absolute Gasteiger partial charge is 0.238 e. The largest absolute Gasteiger partial charge is 0.387 e. The second-order valence-electron chi connectivity index (χ2n) is 13.2. The summed E-state index contributed by atoms with van der Waals surface area (Å²) in [5, 5.41) is 25.6. The molecule has 240 valence electrons. The van der Waals surface area contributed by atoms with E-state index < -0.39 is 40.5 Å². The topological polar surface area (TPSA) is 104 Å². The van der Waals surface area contributed by atoms with E-state index >= 15 is 0 Å². The van der Waals surface area contributed by atoms with Gasteiger partial charge in [-0.2, -0.15) is 0 Å². The molecule has 0 heterocycles. The molecule has 2 atom stereocenters. The Morgan fingerprint density at radius 3 is 1.13 bits per heavy atom. The number of nitrogens with two attached hydrogens (primary N) is 1. The first kappa shape index (κ1) is 33.1. The van der Waals surface area contributed by atoms with Gasteiger partial charge in [0.15, 0.2) is 0 Å². The van der Waals surface area contributed by atoms with E-state index in [1.54, 1.807) is 4.90 Å². The third kappa shape index (κ3) is 7.09. The number of amides is 2. The zero-order chi connectivity index (χ0) is 32.8. The van der Waals surface area contributed by atoms with E-state index in [1.165, 1.54) is 0 Å². The predicted octanol–water partition coefficient (Wildman–Crippen LogP) is 5.68. The highest BCUT2D eigenvalue weighted by molar-refractivity contribution is 6.05. The number of carbonyl (C=O) groups is 2. The van der Waals surface area contributed by atoms with Crippen LogP contribution in [0.4, 0.5) is 0 Å². The van der Waals surface area contributed by atoms with Crippen LogP contribution in [-0.4, -0.2) is 50.2 Å². The number of hydrogen-bond acceptors (Lipinski definition) is 4. The van der Waals surface area contributed by atoms with Crippen LogP contribution in [0.25, 0.3) is 0 Å². The molecule has 46 heavy (non-hydrogen) atoms. The number of rotatable bonds is 14. The maximum absolute atomic E-state index is 14.9. The fraction of sp³-hybridized carbons (Fsp3) is 0.350. The highest BCUT2D eigenvalue weighted by atomic mass is 16.3. The van der Waals surface area contributed by atoms with Gasteiger partial charge in [0.25, 0.3) is 0 Å². The maximum Gasteiger partial charge on any atom is 0.238 e. The highest BCUT2D eigenvalue weighted by Gasteiger charge is 2.56. The molecule has 0 radical (unpaired) electrons. The minimum Gasteiger partial charge on any atom is -0.387 e. The number of carbonyl (C=O) groups excluding carboxylic acids is 2. The van der Waals surface area contributed by atoms with Gasteiger partial charge in [-0.15, -0.1) is 0 Å². The van der Waals surface area contributed by atoms with E-state index in [4.69, 9.17) is 5.73 Å². The summed E-state index contributed by atoms with van der Waals surface area (Å²) in [5.74, 6) is -1.08. The third-order valence-electron chi connectivity index (χ3n) is 10.1. The summed E-state index contributed by atoms with van der Waals surface area (Å²) in [6.07, 6.45) is 2.46. The first-order valence-electron chi connectivity index (χ1n) is 16.3. The molecule has 0 aromatic heterocycles. The monoisotopic (exact) mass is 618 g/mol. The number of nitrogens with zero attached hydrogens (tertiary/aromatic N) is 1. The molecule has 0 spiro atoms. The van der Waals surface area contributed by atoms with Gasteiger partial charge in [-0.25, -0.2) is 0 Å². The zero-order valence-corrected chi connectivity index (χ0v) is 26.9. The van der Waals surface area contributed by atoms with Crippen LogP contribution in [0.5, 0.6) is 0 Å². The summed E-state index contributed by atoms with van der Waals surface area (Å²) in [7, 11) is 0. The van der Waals surface area contributed by atoms with Gasteiger partial charge < -0.3 is 20.8 Å². The van der Waals surface area contributed by atoms with Crippen molar-refractivity contribution in [2.75, 3.05) is 0 Å². The molecule has 0 bridgehead atoms. The standard InChI is InChI=1S/C40H46N2O4/c1-30(39(45,26-32-16-7-3-8-17-32)27-33-18-9-4-10-19-33)42(37(44)38(36(41)43)24-15-25-38)31(2)40(46,28-34-20-11-5-12-21-34)29-35-22-13-6-14-23-35/h3-14,16-23,30-31,45-46H,15,24-29H2,1-2H3,(H2,41,43). The Morgan fingerprint density at radius 1 is 0.630 bits per heavy atom. The quantitative estimate of drug-likeness (QED) is 0.158. The second kappa shape index (κ2) is 14.0. The summed E-state index contributed by atoms with van der Waals surface area (Å²) >= 11 is 0. The van der Waals surface area contributed by atoms with Crippen molar-refractivity contribution < 1.29 is 19.8 Å². The molecule has 2 amide bonds. The fourth-order valence-corrected chi connectivity index (χ4v) is 7.06. The Hall–Kier alpha value is -4.26. The minimum atomic E-state index is -1.45. The van der Waals surface area contributed by atoms with Crippen molar-refractivity contribution >= 4 is 11.8 Å². The number of hydrogen-bond donors (Lipinski definition) is 3. The number of benzene rings is 4. The van der Waals surface area contributed by atoms with Crippen LogP contribution in [0.15, 0.2) is 121 Å². The van der Waals surface area contributed by atoms with Crippen LogP contribution in [0.2, 0.25) is 0 Å². The molecule has 6 heteroatoms. The van der Waals surface area contributed by atoms with Crippen molar-refractivity contribution in [3.63, 3.8) is 0 Å². The third-order valence-corrected chi connectivity index (χ3v) is 10.1. The summed E-state index contributed by atoms with van der Waals surface area (Å²) < 4.78 is 0. The van der Waals surface area contributed by atoms with Gasteiger partial charge in [-0.3, -0.25) is 9.59 Å². The first-order valence-corrected chi connectivity index (χ1v) is 16.3. The summed E-state index contributed by atoms with van der Waals surface area (Å²) in [5.41, 5.74) is 5.39. The Bertz CT molecular complexity index is 1390. The van der Waals surface area contributed by atoms with E-state index in [-0.39, 0.29) is 25.7 Å². The van der Waals surface area contributed by atoms with E-state index in [0.717, 1.165) is 22.3 Å². The molecule has 2 unspecified atom stereocenters. The summed E-state index contributed by atoms with van der Waals surface area (Å²) in [6, 6.07) is 37.3. The Labute approximate surface area is 272 Å². The number of primary amides is 1. The molecule has 1 saturated carbocycles. The molecule has 1 aliphatic rings. The first-order chi connectivity index (χ1) is 22.1. The van der Waals surface area contributed by atoms with Crippen molar-refractivity contribution in [2.45, 2.75) is 82.1 Å². The Morgan fingerprint density at radius 2 is 0.913 bits per heavy atom. The molecule has 0 aliphatic heterocycles. The zero-order valence-electron chi connectivity index (χ0n) is 26.9. The van der Waals surface area contributed by atoms with Gasteiger partial charge in [0, 0.05) is 25.7 Å². The van der Waals surface area contributed by atoms with E-state index in [2.05, 4.69) is 0 Å². The van der Waals surface area contributed by atoms with Gasteiger partial charge in [0.05, 0.1) is 23.3 Å². The molecule has 4 aromatic rings. The Kier molecular flexibility index (Phi) is 10.1. The average Bonchev–Trinajstić information content (AvgIpc) is 3.02. The lowest BCUT2D eigenvalue weighted by molar-refractivity contribution is -0.173. The molecule has 0 saturated heterocycles. The van der Waals surface area contributed by atoms with Gasteiger partial charge >= 0.3 is 0 Å². The molecule has 4 aromatic carbocycles. The lowest BCUT2D eigenvalue weighted by Gasteiger charge is -2.52. The molecular weight excluding hydrogens is 572 g/mol. The molecule has 5 rings (SSSR count). The van der Waals surface area contributed by atoms with Crippen molar-refractivity contribution in [3.05, 3.63) is 144 Å². The van der Waals surface area contributed by atoms with Gasteiger partial charge in [-0.05, 0) is 48.9 Å². The van der Waals surface area contributed by atoms with Gasteiger partial charge in [-0.1, -0.05) is 128 Å². The number of aliphatic hydroxyl groups is 2. The van der Waals surface area contributed by atoms with Crippen molar-refractivity contribution in [2.24, 2.45) is 11.1 Å². The molecule has 1 fully saturated rings. The fourth-order valence-electron chi connectivity index (χ4n) is 7.06. The minimum absolute atomic E-state index is 0.264. The highest BCUT2D eigenvalue weighted by Crippen LogP contribution is 2.45. The lowest BCUT2D eigenvalue weighted by atomic mass is 9.66. The summed E-state index contributed by atoms with van der Waals surface area (Å²) in [4.78, 5) is 29.5. The van der Waals surface area contributed by atoms with E-state index in [0.29, 0.717) is 19.3 Å². The predicted molar refractivity (Wildman–Crippen MR) is 182 cm³/mol. The van der Waals surface area contributed by atoms with Crippen LogP contribution < -0.4 is 5.73 Å². The van der Waals surface area contributed by atoms with Crippen LogP contribution in [0.3, 0.4) is 0 Å². The van der Waals surface area contributed by atoms with Crippen molar-refractivity contribution in [3.8, 4) is 0 Å². The second-order valence-corrected chi connectivity index (χ2v) is 13.2. The van der Waals surface area contributed by atoms with E-state index in [1.807, 2.05) is 135 Å². The lowest BCUT2D eigenvalue weighted by Crippen LogP contribution is -2.68. The molecular formula is C40H46N2O4. The van der Waals surface area contributed by atoms with Crippen LogP contribution in [0.1, 0.15) is 55.4 Å². The Balaban J connectivity index is 1.63. The SMILES string of the molecule is CC(N(C(=O)C1(C(N)=O)CCC1)C(C)C(O)(Cc1ccccc1)Cc1ccccc1)C(O)(Cc1ccccc1)Cc1ccccc1. The van der Waals surface area contributed by atoms with Gasteiger partial charge in [0.1, 0.15) is 5.41 Å². The average molecular weight is 619 g/mol. The molecule has 1 aliphatic carbocycles. The maximum atomic E-state index is 14.9.